The van der Waals surface area contributed by atoms with Gasteiger partial charge in [0.15, 0.2) is 5.78 Å². The zero-order valence-electron chi connectivity index (χ0n) is 15.0. The maximum Gasteiger partial charge on any atom is 0.252 e. The lowest BCUT2D eigenvalue weighted by Gasteiger charge is -2.25. The molecule has 8 nitrogen and oxygen atoms in total. The summed E-state index contributed by atoms with van der Waals surface area (Å²) in [6.45, 7) is 1.12. The van der Waals surface area contributed by atoms with Gasteiger partial charge in [-0.2, -0.15) is 4.31 Å². The lowest BCUT2D eigenvalue weighted by atomic mass is 10.0. The summed E-state index contributed by atoms with van der Waals surface area (Å²) < 4.78 is 32.1. The van der Waals surface area contributed by atoms with Crippen molar-refractivity contribution in [3.8, 4) is 5.75 Å². The van der Waals surface area contributed by atoms with E-state index in [-0.39, 0.29) is 52.8 Å². The van der Waals surface area contributed by atoms with Gasteiger partial charge in [-0.25, -0.2) is 8.42 Å². The molecule has 0 atom stereocenters. The molecule has 1 amide bonds. The Kier molecular flexibility index (Phi) is 6.14. The second-order valence-electron chi connectivity index (χ2n) is 6.22. The van der Waals surface area contributed by atoms with E-state index >= 15 is 0 Å². The first-order valence-corrected chi connectivity index (χ1v) is 10.9. The molecule has 2 heterocycles. The van der Waals surface area contributed by atoms with Crippen molar-refractivity contribution in [3.63, 3.8) is 0 Å². The van der Waals surface area contributed by atoms with Crippen LogP contribution in [0, 0.1) is 0 Å². The maximum atomic E-state index is 12.8. The smallest absolute Gasteiger partial charge is 0.252 e. The number of carbonyl (C=O) groups excluding carboxylic acids is 2. The number of hydrogen-bond acceptors (Lipinski definition) is 7. The van der Waals surface area contributed by atoms with Crippen molar-refractivity contribution in [1.82, 2.24) is 4.31 Å². The van der Waals surface area contributed by atoms with Crippen LogP contribution in [-0.4, -0.2) is 55.8 Å². The summed E-state index contributed by atoms with van der Waals surface area (Å²) in [5, 5.41) is 9.79. The van der Waals surface area contributed by atoms with Crippen molar-refractivity contribution in [1.29, 1.82) is 0 Å². The summed E-state index contributed by atoms with van der Waals surface area (Å²) in [6, 6.07) is 7.45. The van der Waals surface area contributed by atoms with E-state index in [1.807, 2.05) is 0 Å². The highest BCUT2D eigenvalue weighted by molar-refractivity contribution is 7.91. The highest BCUT2D eigenvalue weighted by Crippen LogP contribution is 2.31. The number of nitrogens with two attached hydrogens (primary N) is 1. The molecule has 1 aromatic heterocycles. The van der Waals surface area contributed by atoms with Crippen LogP contribution in [0.15, 0.2) is 34.5 Å². The van der Waals surface area contributed by atoms with Crippen molar-refractivity contribution in [2.24, 2.45) is 5.73 Å². The number of hydrogen-bond donors (Lipinski definition) is 2. The average Bonchev–Trinajstić information content (AvgIpc) is 3.12. The molecule has 1 aromatic carbocycles. The highest BCUT2D eigenvalue weighted by atomic mass is 32.2. The van der Waals surface area contributed by atoms with E-state index in [0.29, 0.717) is 18.1 Å². The lowest BCUT2D eigenvalue weighted by molar-refractivity contribution is 0.0731. The molecular formula is C18H20N2O6S2. The van der Waals surface area contributed by atoms with Gasteiger partial charge in [-0.05, 0) is 24.6 Å². The third kappa shape index (κ3) is 4.25. The Balaban J connectivity index is 1.82. The minimum Gasteiger partial charge on any atom is -0.507 e. The average molecular weight is 425 g/mol. The highest BCUT2D eigenvalue weighted by Gasteiger charge is 2.30. The van der Waals surface area contributed by atoms with Gasteiger partial charge in [0.25, 0.3) is 10.0 Å². The maximum absolute atomic E-state index is 12.8. The fourth-order valence-corrected chi connectivity index (χ4v) is 5.99. The SMILES string of the molecule is NC(=O)c1cc(S(=O)(=O)N2CCOCC2)sc1CCC(=O)c1ccccc1O. The Labute approximate surface area is 166 Å². The normalized spacial score (nSPS) is 15.4. The number of Topliss-reactive ketones (excluding diaryl/α,β-unsaturated/α-hetero) is 1. The predicted octanol–water partition coefficient (Wildman–Crippen LogP) is 1.39. The molecule has 0 unspecified atom stereocenters. The summed E-state index contributed by atoms with van der Waals surface area (Å²) in [5.74, 6) is -1.17. The molecule has 0 bridgehead atoms. The van der Waals surface area contributed by atoms with Gasteiger partial charge in [-0.1, -0.05) is 12.1 Å². The lowest BCUT2D eigenvalue weighted by Crippen LogP contribution is -2.40. The molecular weight excluding hydrogens is 404 g/mol. The predicted molar refractivity (Wildman–Crippen MR) is 103 cm³/mol. The van der Waals surface area contributed by atoms with Gasteiger partial charge in [-0.3, -0.25) is 9.59 Å². The minimum atomic E-state index is -3.76. The molecule has 1 fully saturated rings. The van der Waals surface area contributed by atoms with Crippen molar-refractivity contribution < 1.29 is 27.9 Å². The Morgan fingerprint density at radius 2 is 1.86 bits per heavy atom. The number of nitrogens with zero attached hydrogens (tertiary/aromatic N) is 1. The molecule has 0 aliphatic carbocycles. The third-order valence-electron chi connectivity index (χ3n) is 4.40. The van der Waals surface area contributed by atoms with Gasteiger partial charge in [0.1, 0.15) is 9.96 Å². The molecule has 28 heavy (non-hydrogen) atoms. The van der Waals surface area contributed by atoms with E-state index in [9.17, 15) is 23.1 Å². The Bertz CT molecular complexity index is 993. The number of primary amides is 1. The third-order valence-corrected chi connectivity index (χ3v) is 7.94. The first-order valence-electron chi connectivity index (χ1n) is 8.62. The summed E-state index contributed by atoms with van der Waals surface area (Å²) in [7, 11) is -3.76. The fourth-order valence-electron chi connectivity index (χ4n) is 2.91. The number of phenols is 1. The Morgan fingerprint density at radius 3 is 2.50 bits per heavy atom. The van der Waals surface area contributed by atoms with Crippen LogP contribution in [0.25, 0.3) is 0 Å². The van der Waals surface area contributed by atoms with E-state index in [2.05, 4.69) is 0 Å². The number of morpholine rings is 1. The molecule has 1 saturated heterocycles. The monoisotopic (exact) mass is 424 g/mol. The zero-order valence-corrected chi connectivity index (χ0v) is 16.6. The van der Waals surface area contributed by atoms with Gasteiger partial charge in [0, 0.05) is 24.4 Å². The molecule has 0 saturated carbocycles. The minimum absolute atomic E-state index is 0.00933. The van der Waals surface area contributed by atoms with Crippen LogP contribution in [0.3, 0.4) is 0 Å². The van der Waals surface area contributed by atoms with Gasteiger partial charge in [-0.15, -0.1) is 11.3 Å². The van der Waals surface area contributed by atoms with Gasteiger partial charge in [0.05, 0.1) is 24.3 Å². The number of carbonyl (C=O) groups is 2. The number of amides is 1. The number of para-hydroxylation sites is 1. The van der Waals surface area contributed by atoms with Gasteiger partial charge in [0.2, 0.25) is 5.91 Å². The fraction of sp³-hybridized carbons (Fsp3) is 0.333. The number of ether oxygens (including phenoxy) is 1. The number of aromatic hydroxyl groups is 1. The molecule has 0 spiro atoms. The number of phenolic OH excluding ortho intramolecular Hbond substituents is 1. The van der Waals surface area contributed by atoms with E-state index < -0.39 is 15.9 Å². The number of thiophene rings is 1. The van der Waals surface area contributed by atoms with E-state index in [1.165, 1.54) is 22.5 Å². The van der Waals surface area contributed by atoms with Crippen LogP contribution >= 0.6 is 11.3 Å². The summed E-state index contributed by atoms with van der Waals surface area (Å²) in [5.41, 5.74) is 5.69. The molecule has 150 valence electrons. The quantitative estimate of drug-likeness (QED) is 0.647. The van der Waals surface area contributed by atoms with Crippen LogP contribution in [0.4, 0.5) is 0 Å². The van der Waals surface area contributed by atoms with Crippen molar-refractivity contribution in [2.45, 2.75) is 17.1 Å². The molecule has 3 rings (SSSR count). The largest absolute Gasteiger partial charge is 0.507 e. The number of aryl methyl sites for hydroxylation is 1. The zero-order chi connectivity index (χ0) is 20.3. The number of rotatable bonds is 7. The number of benzene rings is 1. The molecule has 3 N–H and O–H groups in total. The summed E-state index contributed by atoms with van der Waals surface area (Å²) >= 11 is 0.944. The van der Waals surface area contributed by atoms with Crippen molar-refractivity contribution >= 4 is 33.1 Å². The van der Waals surface area contributed by atoms with Crippen LogP contribution in [0.5, 0.6) is 5.75 Å². The van der Waals surface area contributed by atoms with E-state index in [4.69, 9.17) is 10.5 Å². The van der Waals surface area contributed by atoms with E-state index in [0.717, 1.165) is 11.3 Å². The first-order chi connectivity index (χ1) is 13.3. The second kappa shape index (κ2) is 8.39. The van der Waals surface area contributed by atoms with Gasteiger partial charge >= 0.3 is 0 Å². The van der Waals surface area contributed by atoms with Crippen molar-refractivity contribution in [3.05, 3.63) is 46.3 Å². The van der Waals surface area contributed by atoms with Gasteiger partial charge < -0.3 is 15.6 Å². The molecule has 1 aliphatic rings. The summed E-state index contributed by atoms with van der Waals surface area (Å²) in [6.07, 6.45) is 0.157. The number of ketones is 1. The Hall–Kier alpha value is -2.27. The van der Waals surface area contributed by atoms with Crippen LogP contribution < -0.4 is 5.73 Å². The molecule has 10 heteroatoms. The molecule has 0 radical (unpaired) electrons. The van der Waals surface area contributed by atoms with E-state index in [1.54, 1.807) is 12.1 Å². The van der Waals surface area contributed by atoms with Crippen molar-refractivity contribution in [2.75, 3.05) is 26.3 Å². The molecule has 2 aromatic rings. The summed E-state index contributed by atoms with van der Waals surface area (Å²) in [4.78, 5) is 24.6. The van der Waals surface area contributed by atoms with Crippen LogP contribution in [-0.2, 0) is 21.2 Å². The number of sulfonamides is 1. The second-order valence-corrected chi connectivity index (χ2v) is 9.52. The standard InChI is InChI=1S/C18H20N2O6S2/c19-18(23)13-11-17(28(24,25)20-7-9-26-10-8-20)27-16(13)6-5-15(22)12-3-1-2-4-14(12)21/h1-4,11,21H,5-10H2,(H2,19,23). The van der Waals surface area contributed by atoms with Crippen LogP contribution in [0.1, 0.15) is 32.0 Å². The molecule has 1 aliphatic heterocycles. The van der Waals surface area contributed by atoms with Crippen LogP contribution in [0.2, 0.25) is 0 Å². The Morgan fingerprint density at radius 1 is 1.18 bits per heavy atom. The topological polar surface area (TPSA) is 127 Å². The first kappa shape index (κ1) is 20.5.